The maximum atomic E-state index is 12.8. The standard InChI is InChI=1S/C18H25N3O2/c1-13-4-6-15(7-5-13)21-17(22)12-16(18(21)23)20(3)14-8-10-19(2)11-9-14/h4-7,14,16H,8-12H2,1-3H3/p+2/t16-/m0/s1. The molecule has 2 heterocycles. The van der Waals surface area contributed by atoms with Crippen molar-refractivity contribution in [2.45, 2.75) is 38.3 Å². The van der Waals surface area contributed by atoms with Gasteiger partial charge in [0.05, 0.1) is 45.3 Å². The van der Waals surface area contributed by atoms with Gasteiger partial charge >= 0.3 is 0 Å². The minimum atomic E-state index is -0.229. The fourth-order valence-electron chi connectivity index (χ4n) is 3.80. The van der Waals surface area contributed by atoms with E-state index >= 15 is 0 Å². The lowest BCUT2D eigenvalue weighted by Gasteiger charge is -2.33. The summed E-state index contributed by atoms with van der Waals surface area (Å²) in [4.78, 5) is 29.4. The van der Waals surface area contributed by atoms with Gasteiger partial charge in [-0.25, -0.2) is 4.90 Å². The van der Waals surface area contributed by atoms with Crippen molar-refractivity contribution in [3.63, 3.8) is 0 Å². The first-order chi connectivity index (χ1) is 11.0. The van der Waals surface area contributed by atoms with E-state index in [1.165, 1.54) is 9.80 Å². The maximum absolute atomic E-state index is 12.8. The second kappa shape index (κ2) is 6.42. The molecule has 2 aliphatic rings. The third-order valence-corrected chi connectivity index (χ3v) is 5.47. The topological polar surface area (TPSA) is 46.3 Å². The molecule has 5 heteroatoms. The Bertz CT molecular complexity index is 591. The summed E-state index contributed by atoms with van der Waals surface area (Å²) in [6, 6.07) is 7.87. The maximum Gasteiger partial charge on any atom is 0.292 e. The third-order valence-electron chi connectivity index (χ3n) is 5.47. The number of piperidine rings is 1. The van der Waals surface area contributed by atoms with Gasteiger partial charge in [0, 0.05) is 12.8 Å². The lowest BCUT2D eigenvalue weighted by atomic mass is 10.0. The van der Waals surface area contributed by atoms with Crippen molar-refractivity contribution < 1.29 is 19.4 Å². The number of nitrogens with zero attached hydrogens (tertiary/aromatic N) is 1. The van der Waals surface area contributed by atoms with Crippen molar-refractivity contribution >= 4 is 17.5 Å². The number of hydrogen-bond donors (Lipinski definition) is 2. The number of benzene rings is 1. The Hall–Kier alpha value is -1.72. The Morgan fingerprint density at radius 2 is 1.74 bits per heavy atom. The fraction of sp³-hybridized carbons (Fsp3) is 0.556. The second-order valence-corrected chi connectivity index (χ2v) is 7.14. The smallest absolute Gasteiger partial charge is 0.292 e. The molecule has 0 bridgehead atoms. The lowest BCUT2D eigenvalue weighted by molar-refractivity contribution is -0.948. The zero-order chi connectivity index (χ0) is 16.6. The Labute approximate surface area is 137 Å². The van der Waals surface area contributed by atoms with Gasteiger partial charge in [-0.05, 0) is 19.1 Å². The highest BCUT2D eigenvalue weighted by Crippen LogP contribution is 2.22. The lowest BCUT2D eigenvalue weighted by Crippen LogP contribution is -3.21. The molecule has 2 aliphatic heterocycles. The van der Waals surface area contributed by atoms with E-state index in [9.17, 15) is 9.59 Å². The SMILES string of the molecule is Cc1ccc(N2C(=O)C[C@H]([NH+](C)C3CC[NH+](C)CC3)C2=O)cc1. The van der Waals surface area contributed by atoms with Crippen LogP contribution >= 0.6 is 0 Å². The summed E-state index contributed by atoms with van der Waals surface area (Å²) >= 11 is 0. The van der Waals surface area contributed by atoms with E-state index in [2.05, 4.69) is 14.1 Å². The number of carbonyl (C=O) groups excluding carboxylic acids is 2. The van der Waals surface area contributed by atoms with Crippen LogP contribution in [-0.2, 0) is 9.59 Å². The van der Waals surface area contributed by atoms with Gasteiger partial charge in [-0.15, -0.1) is 0 Å². The molecule has 1 aromatic rings. The number of amides is 2. The molecule has 0 aromatic heterocycles. The molecule has 2 saturated heterocycles. The summed E-state index contributed by atoms with van der Waals surface area (Å²) in [6.45, 7) is 4.30. The second-order valence-electron chi connectivity index (χ2n) is 7.14. The number of carbonyl (C=O) groups is 2. The molecule has 5 nitrogen and oxygen atoms in total. The van der Waals surface area contributed by atoms with Gasteiger partial charge in [0.1, 0.15) is 0 Å². The third kappa shape index (κ3) is 3.16. The quantitative estimate of drug-likeness (QED) is 0.690. The largest absolute Gasteiger partial charge is 0.337 e. The van der Waals surface area contributed by atoms with Gasteiger partial charge in [0.2, 0.25) is 5.91 Å². The van der Waals surface area contributed by atoms with Crippen LogP contribution in [0.4, 0.5) is 5.69 Å². The van der Waals surface area contributed by atoms with Crippen molar-refractivity contribution in [2.75, 3.05) is 32.1 Å². The summed E-state index contributed by atoms with van der Waals surface area (Å²) in [5.74, 6) is -0.107. The van der Waals surface area contributed by atoms with Crippen molar-refractivity contribution in [3.05, 3.63) is 29.8 Å². The minimum Gasteiger partial charge on any atom is -0.337 e. The van der Waals surface area contributed by atoms with E-state index in [-0.39, 0.29) is 17.9 Å². The van der Waals surface area contributed by atoms with Crippen LogP contribution in [0.25, 0.3) is 0 Å². The number of aryl methyl sites for hydroxylation is 1. The van der Waals surface area contributed by atoms with Crippen LogP contribution in [0, 0.1) is 6.92 Å². The predicted octanol–water partition coefficient (Wildman–Crippen LogP) is -1.18. The average Bonchev–Trinajstić information content (AvgIpc) is 2.83. The minimum absolute atomic E-state index is 0.0392. The molecule has 0 spiro atoms. The molecule has 1 aromatic carbocycles. The normalized spacial score (nSPS) is 29.9. The molecular formula is C18H27N3O2+2. The summed E-state index contributed by atoms with van der Waals surface area (Å²) in [7, 11) is 4.30. The van der Waals surface area contributed by atoms with Crippen molar-refractivity contribution in [3.8, 4) is 0 Å². The zero-order valence-electron chi connectivity index (χ0n) is 14.3. The predicted molar refractivity (Wildman–Crippen MR) is 88.6 cm³/mol. The van der Waals surface area contributed by atoms with Crippen molar-refractivity contribution in [1.82, 2.24) is 0 Å². The molecule has 0 aliphatic carbocycles. The first kappa shape index (κ1) is 16.1. The van der Waals surface area contributed by atoms with Crippen LogP contribution < -0.4 is 14.7 Å². The molecule has 2 atom stereocenters. The Balaban J connectivity index is 1.74. The highest BCUT2D eigenvalue weighted by molar-refractivity contribution is 6.21. The molecule has 1 unspecified atom stereocenters. The van der Waals surface area contributed by atoms with E-state index in [4.69, 9.17) is 0 Å². The molecule has 2 amide bonds. The van der Waals surface area contributed by atoms with Crippen LogP contribution in [0.3, 0.4) is 0 Å². The monoisotopic (exact) mass is 317 g/mol. The number of imide groups is 1. The van der Waals surface area contributed by atoms with Gasteiger partial charge < -0.3 is 9.80 Å². The molecule has 2 fully saturated rings. The van der Waals surface area contributed by atoms with Crippen LogP contribution in [0.5, 0.6) is 0 Å². The fourth-order valence-corrected chi connectivity index (χ4v) is 3.80. The summed E-state index contributed by atoms with van der Waals surface area (Å²) in [6.07, 6.45) is 2.58. The number of nitrogens with one attached hydrogen (secondary N) is 2. The first-order valence-electron chi connectivity index (χ1n) is 8.55. The average molecular weight is 317 g/mol. The molecule has 0 saturated carbocycles. The number of rotatable bonds is 3. The summed E-state index contributed by atoms with van der Waals surface area (Å²) in [5.41, 5.74) is 1.83. The van der Waals surface area contributed by atoms with Crippen molar-refractivity contribution in [1.29, 1.82) is 0 Å². The molecule has 0 radical (unpaired) electrons. The van der Waals surface area contributed by atoms with E-state index < -0.39 is 0 Å². The van der Waals surface area contributed by atoms with Crippen LogP contribution in [0.15, 0.2) is 24.3 Å². The van der Waals surface area contributed by atoms with Gasteiger partial charge in [0.15, 0.2) is 6.04 Å². The van der Waals surface area contributed by atoms with Gasteiger partial charge in [-0.2, -0.15) is 0 Å². The molecule has 23 heavy (non-hydrogen) atoms. The molecule has 2 N–H and O–H groups in total. The van der Waals surface area contributed by atoms with E-state index in [1.807, 2.05) is 31.2 Å². The highest BCUT2D eigenvalue weighted by Gasteiger charge is 2.46. The number of likely N-dealkylation sites (tertiary alicyclic amines) is 1. The number of likely N-dealkylation sites (N-methyl/N-ethyl adjacent to an activating group) is 1. The first-order valence-corrected chi connectivity index (χ1v) is 8.55. The van der Waals surface area contributed by atoms with E-state index in [0.29, 0.717) is 18.2 Å². The summed E-state index contributed by atoms with van der Waals surface area (Å²) in [5, 5.41) is 0. The van der Waals surface area contributed by atoms with Crippen LogP contribution in [-0.4, -0.2) is 51.1 Å². The number of anilines is 1. The Morgan fingerprint density at radius 3 is 2.35 bits per heavy atom. The molecular weight excluding hydrogens is 290 g/mol. The van der Waals surface area contributed by atoms with Gasteiger partial charge in [-0.3, -0.25) is 9.59 Å². The van der Waals surface area contributed by atoms with Crippen LogP contribution in [0.1, 0.15) is 24.8 Å². The molecule has 124 valence electrons. The van der Waals surface area contributed by atoms with E-state index in [0.717, 1.165) is 31.5 Å². The van der Waals surface area contributed by atoms with E-state index in [1.54, 1.807) is 4.90 Å². The number of quaternary nitrogens is 2. The highest BCUT2D eigenvalue weighted by atomic mass is 16.2. The Kier molecular flexibility index (Phi) is 4.50. The zero-order valence-corrected chi connectivity index (χ0v) is 14.3. The number of hydrogen-bond acceptors (Lipinski definition) is 2. The van der Waals surface area contributed by atoms with Crippen molar-refractivity contribution in [2.24, 2.45) is 0 Å². The summed E-state index contributed by atoms with van der Waals surface area (Å²) < 4.78 is 0. The van der Waals surface area contributed by atoms with Gasteiger partial charge in [-0.1, -0.05) is 17.7 Å². The molecule has 3 rings (SSSR count). The Morgan fingerprint density at radius 1 is 1.13 bits per heavy atom. The van der Waals surface area contributed by atoms with Gasteiger partial charge in [0.25, 0.3) is 5.91 Å². The van der Waals surface area contributed by atoms with Crippen LogP contribution in [0.2, 0.25) is 0 Å².